The molecule has 1 heterocycles. The minimum Gasteiger partial charge on any atom is -0.494 e. The van der Waals surface area contributed by atoms with Gasteiger partial charge in [0, 0.05) is 23.1 Å². The smallest absolute Gasteiger partial charge is 0.126 e. The molecule has 0 amide bonds. The van der Waals surface area contributed by atoms with Crippen LogP contribution in [-0.2, 0) is 33.8 Å². The average molecular weight is 685 g/mol. The zero-order valence-corrected chi connectivity index (χ0v) is 29.6. The third kappa shape index (κ3) is 9.05. The Morgan fingerprint density at radius 1 is 0.776 bits per heavy atom. The molecule has 1 saturated carbocycles. The van der Waals surface area contributed by atoms with E-state index in [4.69, 9.17) is 35.3 Å². The second kappa shape index (κ2) is 17.0. The predicted molar refractivity (Wildman–Crippen MR) is 193 cm³/mol. The lowest BCUT2D eigenvalue weighted by atomic mass is 9.83. The molecular weight excluding hydrogens is 636 g/mol. The van der Waals surface area contributed by atoms with E-state index in [-0.39, 0.29) is 30.7 Å². The number of aliphatic hydroxyl groups is 1. The van der Waals surface area contributed by atoms with Gasteiger partial charge >= 0.3 is 0 Å². The summed E-state index contributed by atoms with van der Waals surface area (Å²) in [5.74, 6) is 2.23. The molecule has 2 fully saturated rings. The van der Waals surface area contributed by atoms with E-state index in [1.54, 1.807) is 0 Å². The van der Waals surface area contributed by atoms with E-state index < -0.39 is 12.2 Å². The molecule has 6 nitrogen and oxygen atoms in total. The van der Waals surface area contributed by atoms with E-state index in [0.717, 1.165) is 46.4 Å². The van der Waals surface area contributed by atoms with Crippen LogP contribution in [0, 0.1) is 17.8 Å². The average Bonchev–Trinajstić information content (AvgIpc) is 3.91. The molecule has 260 valence electrons. The van der Waals surface area contributed by atoms with Crippen molar-refractivity contribution in [2.24, 2.45) is 17.8 Å². The van der Waals surface area contributed by atoms with Gasteiger partial charge in [-0.05, 0) is 84.5 Å². The molecule has 1 aliphatic heterocycles. The molecule has 1 N–H and O–H groups in total. The molecule has 7 atom stereocenters. The zero-order chi connectivity index (χ0) is 34.2. The molecule has 1 saturated heterocycles. The van der Waals surface area contributed by atoms with Crippen molar-refractivity contribution in [2.75, 3.05) is 19.8 Å². The fourth-order valence-corrected chi connectivity index (χ4v) is 7.10. The number of aliphatic hydroxyl groups excluding tert-OH is 1. The van der Waals surface area contributed by atoms with Gasteiger partial charge in [0.05, 0.1) is 38.6 Å². The lowest BCUT2D eigenvalue weighted by Gasteiger charge is -2.46. The van der Waals surface area contributed by atoms with Crippen molar-refractivity contribution >= 4 is 11.6 Å². The second-order valence-electron chi connectivity index (χ2n) is 13.4. The van der Waals surface area contributed by atoms with Crippen LogP contribution in [0.4, 0.5) is 0 Å². The van der Waals surface area contributed by atoms with Gasteiger partial charge in [-0.1, -0.05) is 98.2 Å². The highest BCUT2D eigenvalue weighted by atomic mass is 35.5. The lowest BCUT2D eigenvalue weighted by molar-refractivity contribution is -0.235. The van der Waals surface area contributed by atoms with Crippen LogP contribution in [0.15, 0.2) is 97.1 Å². The van der Waals surface area contributed by atoms with Gasteiger partial charge in [0.2, 0.25) is 0 Å². The first kappa shape index (κ1) is 35.4. The molecule has 4 aromatic rings. The topological polar surface area (TPSA) is 66.4 Å². The summed E-state index contributed by atoms with van der Waals surface area (Å²) in [6.07, 6.45) is 1.24. The van der Waals surface area contributed by atoms with Crippen molar-refractivity contribution in [3.63, 3.8) is 0 Å². The van der Waals surface area contributed by atoms with Crippen LogP contribution in [0.25, 0.3) is 0 Å². The SMILES string of the molecule is CCOc1ccc(Cc2cc([C@@H]3O[C@H](CC)[C@@H](C)[C@H](OCc4ccccc4)[C@H]3OCc3ccccc3)c(OC[C@H]3C[C@H]3CO)cc2Cl)cc1. The fraction of sp³-hybridized carbons (Fsp3) is 0.429. The summed E-state index contributed by atoms with van der Waals surface area (Å²) in [6, 6.07) is 32.8. The van der Waals surface area contributed by atoms with E-state index in [2.05, 4.69) is 56.3 Å². The first-order valence-electron chi connectivity index (χ1n) is 17.7. The molecule has 49 heavy (non-hydrogen) atoms. The lowest BCUT2D eigenvalue weighted by Crippen LogP contribution is -2.51. The van der Waals surface area contributed by atoms with Crippen LogP contribution in [0.1, 0.15) is 67.5 Å². The van der Waals surface area contributed by atoms with E-state index in [1.807, 2.05) is 61.5 Å². The summed E-state index contributed by atoms with van der Waals surface area (Å²) >= 11 is 7.02. The molecule has 4 aromatic carbocycles. The van der Waals surface area contributed by atoms with Gasteiger partial charge in [-0.2, -0.15) is 0 Å². The Labute approximate surface area is 296 Å². The first-order valence-corrected chi connectivity index (χ1v) is 18.1. The summed E-state index contributed by atoms with van der Waals surface area (Å²) in [5, 5.41) is 10.3. The first-order chi connectivity index (χ1) is 24.0. The molecule has 6 rings (SSSR count). The molecular formula is C42H49ClO6. The van der Waals surface area contributed by atoms with Crippen molar-refractivity contribution in [3.8, 4) is 11.5 Å². The Morgan fingerprint density at radius 3 is 2.02 bits per heavy atom. The normalized spacial score (nSPS) is 24.8. The molecule has 2 aliphatic rings. The van der Waals surface area contributed by atoms with Gasteiger partial charge in [-0.15, -0.1) is 0 Å². The Morgan fingerprint density at radius 2 is 1.43 bits per heavy atom. The molecule has 1 aliphatic carbocycles. The molecule has 0 spiro atoms. The number of hydrogen-bond donors (Lipinski definition) is 1. The van der Waals surface area contributed by atoms with Crippen LogP contribution in [0.3, 0.4) is 0 Å². The number of hydrogen-bond acceptors (Lipinski definition) is 6. The molecule has 0 radical (unpaired) electrons. The van der Waals surface area contributed by atoms with E-state index >= 15 is 0 Å². The van der Waals surface area contributed by atoms with Crippen LogP contribution < -0.4 is 9.47 Å². The van der Waals surface area contributed by atoms with Crippen LogP contribution in [-0.4, -0.2) is 43.2 Å². The summed E-state index contributed by atoms with van der Waals surface area (Å²) in [5.41, 5.74) is 5.21. The molecule has 7 heteroatoms. The van der Waals surface area contributed by atoms with Gasteiger partial charge in [0.1, 0.15) is 23.7 Å². The van der Waals surface area contributed by atoms with Crippen LogP contribution in [0.5, 0.6) is 11.5 Å². The molecule has 0 unspecified atom stereocenters. The van der Waals surface area contributed by atoms with Gasteiger partial charge < -0.3 is 28.8 Å². The van der Waals surface area contributed by atoms with Gasteiger partial charge in [0.25, 0.3) is 0 Å². The molecule has 0 bridgehead atoms. The summed E-state index contributed by atoms with van der Waals surface area (Å²) in [4.78, 5) is 0. The Kier molecular flexibility index (Phi) is 12.3. The number of halogens is 1. The van der Waals surface area contributed by atoms with Crippen LogP contribution >= 0.6 is 11.6 Å². The zero-order valence-electron chi connectivity index (χ0n) is 28.8. The second-order valence-corrected chi connectivity index (χ2v) is 13.8. The summed E-state index contributed by atoms with van der Waals surface area (Å²) in [6.45, 7) is 8.56. The molecule has 0 aromatic heterocycles. The Balaban J connectivity index is 1.37. The van der Waals surface area contributed by atoms with E-state index in [1.165, 1.54) is 0 Å². The summed E-state index contributed by atoms with van der Waals surface area (Å²) in [7, 11) is 0. The third-order valence-corrected chi connectivity index (χ3v) is 10.2. The number of benzene rings is 4. The fourth-order valence-electron chi connectivity index (χ4n) is 6.88. The van der Waals surface area contributed by atoms with Crippen molar-refractivity contribution < 1.29 is 28.8 Å². The standard InChI is InChI=1S/C42H49ClO6/c1-4-38-28(3)40(47-25-30-12-8-6-9-13-30)42(48-26-31-14-10-7-11-15-31)41(49-38)36-22-32(20-29-16-18-35(19-17-29)45-5-2)37(43)23-39(36)46-27-34-21-33(34)24-44/h6-19,22-23,28,33-34,38,40-42,44H,4-5,20-21,24-27H2,1-3H3/t28-,33+,34-,38-,40+,41+,42-/m1/s1. The number of ether oxygens (including phenoxy) is 5. The van der Waals surface area contributed by atoms with Crippen molar-refractivity contribution in [2.45, 2.75) is 77.7 Å². The monoisotopic (exact) mass is 684 g/mol. The Bertz CT molecular complexity index is 1600. The van der Waals surface area contributed by atoms with Gasteiger partial charge in [-0.3, -0.25) is 0 Å². The number of rotatable bonds is 16. The highest BCUT2D eigenvalue weighted by molar-refractivity contribution is 6.31. The van der Waals surface area contributed by atoms with Gasteiger partial charge in [-0.25, -0.2) is 0 Å². The quantitative estimate of drug-likeness (QED) is 0.127. The maximum atomic E-state index is 9.70. The third-order valence-electron chi connectivity index (χ3n) is 9.89. The van der Waals surface area contributed by atoms with E-state index in [9.17, 15) is 5.11 Å². The van der Waals surface area contributed by atoms with Crippen molar-refractivity contribution in [1.29, 1.82) is 0 Å². The highest BCUT2D eigenvalue weighted by Gasteiger charge is 2.46. The predicted octanol–water partition coefficient (Wildman–Crippen LogP) is 8.99. The highest BCUT2D eigenvalue weighted by Crippen LogP contribution is 2.46. The van der Waals surface area contributed by atoms with Crippen LogP contribution in [0.2, 0.25) is 5.02 Å². The Hall–Kier alpha value is -3.39. The van der Waals surface area contributed by atoms with Gasteiger partial charge in [0.15, 0.2) is 0 Å². The largest absolute Gasteiger partial charge is 0.494 e. The van der Waals surface area contributed by atoms with Crippen molar-refractivity contribution in [3.05, 3.63) is 130 Å². The maximum Gasteiger partial charge on any atom is 0.126 e. The summed E-state index contributed by atoms with van der Waals surface area (Å²) < 4.78 is 32.9. The minimum absolute atomic E-state index is 0.0531. The maximum absolute atomic E-state index is 9.70. The van der Waals surface area contributed by atoms with Crippen molar-refractivity contribution in [1.82, 2.24) is 0 Å². The minimum atomic E-state index is -0.468. The van der Waals surface area contributed by atoms with E-state index in [0.29, 0.717) is 49.5 Å².